The molecule has 0 aliphatic carbocycles. The molecule has 6 heteroatoms. The van der Waals surface area contributed by atoms with Gasteiger partial charge >= 0.3 is 5.97 Å². The van der Waals surface area contributed by atoms with Crippen LogP contribution in [-0.4, -0.2) is 30.3 Å². The first-order valence-electron chi connectivity index (χ1n) is 6.01. The number of carbonyl (C=O) groups is 3. The standard InChI is InChI=1S/C13H17NO4S/c1-4-8(2)14-12(16)7-18-13(17)11-6-5-10(19-11)9(3)15/h5-6,8H,4,7H2,1-3H3,(H,14,16). The third kappa shape index (κ3) is 4.82. The second kappa shape index (κ2) is 7.04. The van der Waals surface area contributed by atoms with E-state index in [0.29, 0.717) is 9.75 Å². The third-order valence-corrected chi connectivity index (χ3v) is 3.67. The molecule has 1 unspecified atom stereocenters. The molecule has 1 aromatic heterocycles. The van der Waals surface area contributed by atoms with E-state index in [-0.39, 0.29) is 24.3 Å². The minimum absolute atomic E-state index is 0.0530. The summed E-state index contributed by atoms with van der Waals surface area (Å²) in [5.74, 6) is -1.01. The minimum Gasteiger partial charge on any atom is -0.451 e. The number of ether oxygens (including phenoxy) is 1. The first-order chi connectivity index (χ1) is 8.93. The fourth-order valence-electron chi connectivity index (χ4n) is 1.26. The third-order valence-electron chi connectivity index (χ3n) is 2.51. The fourth-order valence-corrected chi connectivity index (χ4v) is 2.05. The summed E-state index contributed by atoms with van der Waals surface area (Å²) in [6.07, 6.45) is 0.812. The van der Waals surface area contributed by atoms with Crippen LogP contribution in [-0.2, 0) is 9.53 Å². The van der Waals surface area contributed by atoms with E-state index in [1.54, 1.807) is 6.07 Å². The largest absolute Gasteiger partial charge is 0.451 e. The minimum atomic E-state index is -0.586. The van der Waals surface area contributed by atoms with Gasteiger partial charge in [0.1, 0.15) is 4.88 Å². The molecule has 1 atom stereocenters. The number of ketones is 1. The Morgan fingerprint density at radius 2 is 1.95 bits per heavy atom. The van der Waals surface area contributed by atoms with Crippen LogP contribution < -0.4 is 5.32 Å². The van der Waals surface area contributed by atoms with Crippen molar-refractivity contribution in [3.05, 3.63) is 21.9 Å². The molecule has 0 saturated heterocycles. The number of nitrogens with one attached hydrogen (secondary N) is 1. The van der Waals surface area contributed by atoms with Gasteiger partial charge in [-0.2, -0.15) is 0 Å². The van der Waals surface area contributed by atoms with Crippen LogP contribution in [0.25, 0.3) is 0 Å². The van der Waals surface area contributed by atoms with Gasteiger partial charge in [-0.25, -0.2) is 4.79 Å². The van der Waals surface area contributed by atoms with Crippen LogP contribution in [0.2, 0.25) is 0 Å². The van der Waals surface area contributed by atoms with Crippen LogP contribution in [0, 0.1) is 0 Å². The number of amides is 1. The van der Waals surface area contributed by atoms with Gasteiger partial charge in [0, 0.05) is 6.04 Å². The van der Waals surface area contributed by atoms with E-state index in [0.717, 1.165) is 17.8 Å². The van der Waals surface area contributed by atoms with Crippen molar-refractivity contribution in [2.45, 2.75) is 33.2 Å². The molecule has 0 saturated carbocycles. The Bertz CT molecular complexity index is 481. The first-order valence-corrected chi connectivity index (χ1v) is 6.83. The van der Waals surface area contributed by atoms with E-state index in [1.807, 2.05) is 13.8 Å². The predicted molar refractivity (Wildman–Crippen MR) is 72.5 cm³/mol. The highest BCUT2D eigenvalue weighted by Crippen LogP contribution is 2.17. The summed E-state index contributed by atoms with van der Waals surface area (Å²) in [7, 11) is 0. The van der Waals surface area contributed by atoms with Crippen LogP contribution in [0.15, 0.2) is 12.1 Å². The maximum atomic E-state index is 11.6. The van der Waals surface area contributed by atoms with Crippen molar-refractivity contribution < 1.29 is 19.1 Å². The van der Waals surface area contributed by atoms with Gasteiger partial charge in [0.25, 0.3) is 5.91 Å². The SMILES string of the molecule is CCC(C)NC(=O)COC(=O)c1ccc(C(C)=O)s1. The first kappa shape index (κ1) is 15.4. The lowest BCUT2D eigenvalue weighted by molar-refractivity contribution is -0.124. The van der Waals surface area contributed by atoms with Crippen LogP contribution in [0.3, 0.4) is 0 Å². The number of rotatable bonds is 6. The van der Waals surface area contributed by atoms with Crippen LogP contribution in [0.4, 0.5) is 0 Å². The van der Waals surface area contributed by atoms with Crippen LogP contribution in [0.1, 0.15) is 46.5 Å². The van der Waals surface area contributed by atoms with Crippen molar-refractivity contribution in [2.24, 2.45) is 0 Å². The van der Waals surface area contributed by atoms with Gasteiger partial charge < -0.3 is 10.1 Å². The average Bonchev–Trinajstić information content (AvgIpc) is 2.85. The molecule has 1 amide bonds. The van der Waals surface area contributed by atoms with Gasteiger partial charge in [0.05, 0.1) is 4.88 Å². The number of carbonyl (C=O) groups excluding carboxylic acids is 3. The van der Waals surface area contributed by atoms with E-state index < -0.39 is 5.97 Å². The number of hydrogen-bond acceptors (Lipinski definition) is 5. The second-order valence-corrected chi connectivity index (χ2v) is 5.26. The quantitative estimate of drug-likeness (QED) is 0.640. The summed E-state index contributed by atoms with van der Waals surface area (Å²) in [5, 5.41) is 2.69. The summed E-state index contributed by atoms with van der Waals surface area (Å²) < 4.78 is 4.88. The summed E-state index contributed by atoms with van der Waals surface area (Å²) in [6, 6.07) is 3.15. The lowest BCUT2D eigenvalue weighted by Gasteiger charge is -2.10. The number of thiophene rings is 1. The fraction of sp³-hybridized carbons (Fsp3) is 0.462. The molecule has 5 nitrogen and oxygen atoms in total. The van der Waals surface area contributed by atoms with Gasteiger partial charge in [-0.15, -0.1) is 11.3 Å². The van der Waals surface area contributed by atoms with E-state index in [4.69, 9.17) is 4.74 Å². The summed E-state index contributed by atoms with van der Waals surface area (Å²) in [6.45, 7) is 4.95. The molecule has 0 radical (unpaired) electrons. The highest BCUT2D eigenvalue weighted by atomic mass is 32.1. The molecule has 0 spiro atoms. The molecule has 1 N–H and O–H groups in total. The Hall–Kier alpha value is -1.69. The molecule has 1 heterocycles. The lowest BCUT2D eigenvalue weighted by Crippen LogP contribution is -2.35. The topological polar surface area (TPSA) is 72.5 Å². The normalized spacial score (nSPS) is 11.7. The zero-order valence-electron chi connectivity index (χ0n) is 11.2. The zero-order valence-corrected chi connectivity index (χ0v) is 12.0. The average molecular weight is 283 g/mol. The van der Waals surface area contributed by atoms with Crippen molar-refractivity contribution in [3.8, 4) is 0 Å². The van der Waals surface area contributed by atoms with E-state index >= 15 is 0 Å². The molecule has 0 aromatic carbocycles. The maximum absolute atomic E-state index is 11.6. The summed E-state index contributed by atoms with van der Waals surface area (Å²) >= 11 is 1.06. The molecule has 0 fully saturated rings. The van der Waals surface area contributed by atoms with Gasteiger partial charge in [0.15, 0.2) is 12.4 Å². The molecule has 1 rings (SSSR count). The molecule has 104 valence electrons. The maximum Gasteiger partial charge on any atom is 0.348 e. The van der Waals surface area contributed by atoms with Crippen molar-refractivity contribution in [1.29, 1.82) is 0 Å². The van der Waals surface area contributed by atoms with Gasteiger partial charge in [-0.05, 0) is 32.4 Å². The zero-order chi connectivity index (χ0) is 14.4. The van der Waals surface area contributed by atoms with Gasteiger partial charge in [-0.3, -0.25) is 9.59 Å². The number of Topliss-reactive ketones (excluding diaryl/α,β-unsaturated/α-hetero) is 1. The highest BCUT2D eigenvalue weighted by molar-refractivity contribution is 7.15. The van der Waals surface area contributed by atoms with Crippen molar-refractivity contribution in [2.75, 3.05) is 6.61 Å². The second-order valence-electron chi connectivity index (χ2n) is 4.17. The van der Waals surface area contributed by atoms with Crippen molar-refractivity contribution in [1.82, 2.24) is 5.32 Å². The Morgan fingerprint density at radius 3 is 2.47 bits per heavy atom. The molecular weight excluding hydrogens is 266 g/mol. The van der Waals surface area contributed by atoms with Gasteiger partial charge in [0.2, 0.25) is 0 Å². The van der Waals surface area contributed by atoms with E-state index in [2.05, 4.69) is 5.32 Å². The van der Waals surface area contributed by atoms with Crippen LogP contribution >= 0.6 is 11.3 Å². The lowest BCUT2D eigenvalue weighted by atomic mass is 10.2. The predicted octanol–water partition coefficient (Wildman–Crippen LogP) is 2.02. The monoisotopic (exact) mass is 283 g/mol. The molecule has 0 bridgehead atoms. The Morgan fingerprint density at radius 1 is 1.32 bits per heavy atom. The Kier molecular flexibility index (Phi) is 5.69. The van der Waals surface area contributed by atoms with Gasteiger partial charge in [-0.1, -0.05) is 6.92 Å². The molecular formula is C13H17NO4S. The van der Waals surface area contributed by atoms with Crippen molar-refractivity contribution >= 4 is 29.0 Å². The van der Waals surface area contributed by atoms with E-state index in [9.17, 15) is 14.4 Å². The number of hydrogen-bond donors (Lipinski definition) is 1. The van der Waals surface area contributed by atoms with Crippen molar-refractivity contribution in [3.63, 3.8) is 0 Å². The molecule has 0 aliphatic rings. The molecule has 1 aromatic rings. The van der Waals surface area contributed by atoms with Crippen LogP contribution in [0.5, 0.6) is 0 Å². The summed E-state index contributed by atoms with van der Waals surface area (Å²) in [4.78, 5) is 35.0. The molecule has 0 aliphatic heterocycles. The van der Waals surface area contributed by atoms with E-state index in [1.165, 1.54) is 13.0 Å². The Balaban J connectivity index is 2.46. The molecule has 19 heavy (non-hydrogen) atoms. The summed E-state index contributed by atoms with van der Waals surface area (Å²) in [5.41, 5.74) is 0. The Labute approximate surface area is 116 Å². The highest BCUT2D eigenvalue weighted by Gasteiger charge is 2.14. The smallest absolute Gasteiger partial charge is 0.348 e. The number of esters is 1.